The molecular weight excluding hydrogens is 444 g/mol. The Kier molecular flexibility index (Phi) is 5.60. The van der Waals surface area contributed by atoms with E-state index in [0.29, 0.717) is 30.4 Å². The number of hydrogen-bond acceptors (Lipinski definition) is 7. The SMILES string of the molecule is Cn1ncnc1-c1ccc2c(c1)NC(=O)CN1CCN(S(=O)(=O)c3ccccc3)C[C@@H]1CO2. The van der Waals surface area contributed by atoms with E-state index in [0.717, 1.165) is 5.56 Å². The van der Waals surface area contributed by atoms with Crippen LogP contribution in [0, 0.1) is 0 Å². The molecule has 172 valence electrons. The third-order valence-corrected chi connectivity index (χ3v) is 7.83. The van der Waals surface area contributed by atoms with Crippen molar-refractivity contribution in [2.45, 2.75) is 10.9 Å². The Hall–Kier alpha value is -3.28. The van der Waals surface area contributed by atoms with Gasteiger partial charge in [-0.2, -0.15) is 9.40 Å². The van der Waals surface area contributed by atoms with E-state index >= 15 is 0 Å². The normalized spacial score (nSPS) is 19.9. The number of amides is 1. The van der Waals surface area contributed by atoms with Crippen molar-refractivity contribution < 1.29 is 17.9 Å². The van der Waals surface area contributed by atoms with E-state index in [1.54, 1.807) is 48.1 Å². The topological polar surface area (TPSA) is 110 Å². The molecule has 0 radical (unpaired) electrons. The molecule has 1 N–H and O–H groups in total. The number of ether oxygens (including phenoxy) is 1. The van der Waals surface area contributed by atoms with Crippen LogP contribution in [0.1, 0.15) is 0 Å². The molecule has 1 atom stereocenters. The summed E-state index contributed by atoms with van der Waals surface area (Å²) in [6.45, 7) is 1.40. The van der Waals surface area contributed by atoms with Crippen molar-refractivity contribution in [3.8, 4) is 17.1 Å². The molecule has 11 heteroatoms. The maximum absolute atomic E-state index is 13.1. The Morgan fingerprint density at radius 2 is 1.94 bits per heavy atom. The van der Waals surface area contributed by atoms with Gasteiger partial charge < -0.3 is 10.1 Å². The summed E-state index contributed by atoms with van der Waals surface area (Å²) >= 11 is 0. The Balaban J connectivity index is 1.39. The predicted octanol–water partition coefficient (Wildman–Crippen LogP) is 1.19. The molecular formula is C22H24N6O4S. The number of benzene rings is 2. The number of sulfonamides is 1. The van der Waals surface area contributed by atoms with E-state index in [2.05, 4.69) is 15.4 Å². The molecule has 10 nitrogen and oxygen atoms in total. The van der Waals surface area contributed by atoms with E-state index in [1.807, 2.05) is 17.0 Å². The van der Waals surface area contributed by atoms with E-state index in [4.69, 9.17) is 4.74 Å². The summed E-state index contributed by atoms with van der Waals surface area (Å²) in [6.07, 6.45) is 1.47. The van der Waals surface area contributed by atoms with E-state index in [1.165, 1.54) is 10.6 Å². The second-order valence-electron chi connectivity index (χ2n) is 8.08. The van der Waals surface area contributed by atoms with Crippen LogP contribution in [0.3, 0.4) is 0 Å². The number of piperazine rings is 1. The van der Waals surface area contributed by atoms with Gasteiger partial charge >= 0.3 is 0 Å². The van der Waals surface area contributed by atoms with Crippen LogP contribution in [0.15, 0.2) is 59.8 Å². The lowest BCUT2D eigenvalue weighted by Crippen LogP contribution is -2.57. The van der Waals surface area contributed by atoms with Gasteiger partial charge in [-0.3, -0.25) is 9.69 Å². The zero-order valence-corrected chi connectivity index (χ0v) is 18.9. The van der Waals surface area contributed by atoms with Crippen LogP contribution >= 0.6 is 0 Å². The molecule has 2 aliphatic heterocycles. The Morgan fingerprint density at radius 3 is 2.70 bits per heavy atom. The Labute approximate surface area is 191 Å². The second kappa shape index (κ2) is 8.58. The summed E-state index contributed by atoms with van der Waals surface area (Å²) < 4.78 is 35.4. The van der Waals surface area contributed by atoms with E-state index in [9.17, 15) is 13.2 Å². The van der Waals surface area contributed by atoms with Gasteiger partial charge in [-0.15, -0.1) is 0 Å². The molecule has 1 fully saturated rings. The molecule has 3 heterocycles. The monoisotopic (exact) mass is 468 g/mol. The summed E-state index contributed by atoms with van der Waals surface area (Å²) in [5.74, 6) is 1.02. The molecule has 5 rings (SSSR count). The molecule has 33 heavy (non-hydrogen) atoms. The fraction of sp³-hybridized carbons (Fsp3) is 0.318. The number of rotatable bonds is 3. The van der Waals surface area contributed by atoms with Crippen LogP contribution in [0.25, 0.3) is 11.4 Å². The molecule has 0 unspecified atom stereocenters. The number of fused-ring (bicyclic) bond motifs is 2. The average Bonchev–Trinajstić information content (AvgIpc) is 3.26. The fourth-order valence-corrected chi connectivity index (χ4v) is 5.69. The third-order valence-electron chi connectivity index (χ3n) is 5.95. The molecule has 0 bridgehead atoms. The van der Waals surface area contributed by atoms with Crippen LogP contribution in [-0.4, -0.2) is 77.1 Å². The highest BCUT2D eigenvalue weighted by Crippen LogP contribution is 2.31. The van der Waals surface area contributed by atoms with Gasteiger partial charge in [-0.25, -0.2) is 18.1 Å². The zero-order chi connectivity index (χ0) is 23.0. The number of carbonyl (C=O) groups excluding carboxylic acids is 1. The number of nitrogens with zero attached hydrogens (tertiary/aromatic N) is 5. The lowest BCUT2D eigenvalue weighted by molar-refractivity contribution is -0.118. The van der Waals surface area contributed by atoms with Crippen molar-refractivity contribution in [2.24, 2.45) is 7.05 Å². The van der Waals surface area contributed by atoms with Crippen LogP contribution in [0.2, 0.25) is 0 Å². The van der Waals surface area contributed by atoms with Crippen molar-refractivity contribution in [3.05, 3.63) is 54.9 Å². The third kappa shape index (κ3) is 4.22. The average molecular weight is 469 g/mol. The predicted molar refractivity (Wildman–Crippen MR) is 121 cm³/mol. The molecule has 2 aromatic carbocycles. The van der Waals surface area contributed by atoms with E-state index in [-0.39, 0.29) is 36.5 Å². The first kappa shape index (κ1) is 21.6. The number of nitrogens with one attached hydrogen (secondary N) is 1. The number of carbonyl (C=O) groups is 1. The maximum atomic E-state index is 13.1. The number of aromatic nitrogens is 3. The first-order chi connectivity index (χ1) is 15.9. The zero-order valence-electron chi connectivity index (χ0n) is 18.1. The molecule has 3 aromatic rings. The fourth-order valence-electron chi connectivity index (χ4n) is 4.20. The van der Waals surface area contributed by atoms with Gasteiger partial charge in [-0.05, 0) is 30.3 Å². The van der Waals surface area contributed by atoms with Crippen LogP contribution in [0.5, 0.6) is 5.75 Å². The van der Waals surface area contributed by atoms with Gasteiger partial charge in [0.1, 0.15) is 18.7 Å². The van der Waals surface area contributed by atoms with Crippen LogP contribution in [0.4, 0.5) is 5.69 Å². The molecule has 0 saturated carbocycles. The number of aryl methyl sites for hydroxylation is 1. The highest BCUT2D eigenvalue weighted by molar-refractivity contribution is 7.89. The molecule has 1 saturated heterocycles. The largest absolute Gasteiger partial charge is 0.490 e. The Morgan fingerprint density at radius 1 is 1.12 bits per heavy atom. The second-order valence-corrected chi connectivity index (χ2v) is 10.0. The van der Waals surface area contributed by atoms with Crippen molar-refractivity contribution in [2.75, 3.05) is 38.1 Å². The quantitative estimate of drug-likeness (QED) is 0.615. The summed E-state index contributed by atoms with van der Waals surface area (Å²) in [5.41, 5.74) is 1.35. The molecule has 0 aliphatic carbocycles. The maximum Gasteiger partial charge on any atom is 0.243 e. The molecule has 0 spiro atoms. The summed E-state index contributed by atoms with van der Waals surface area (Å²) in [7, 11) is -1.82. The highest BCUT2D eigenvalue weighted by atomic mass is 32.2. The van der Waals surface area contributed by atoms with Crippen LogP contribution < -0.4 is 10.1 Å². The van der Waals surface area contributed by atoms with Gasteiger partial charge in [0, 0.05) is 32.2 Å². The van der Waals surface area contributed by atoms with Gasteiger partial charge in [0.05, 0.1) is 23.2 Å². The minimum Gasteiger partial charge on any atom is -0.490 e. The van der Waals surface area contributed by atoms with Gasteiger partial charge in [0.15, 0.2) is 5.82 Å². The highest BCUT2D eigenvalue weighted by Gasteiger charge is 2.36. The summed E-state index contributed by atoms with van der Waals surface area (Å²) in [5, 5.41) is 7.02. The molecule has 1 aromatic heterocycles. The van der Waals surface area contributed by atoms with Crippen molar-refractivity contribution >= 4 is 21.6 Å². The standard InChI is InChI=1S/C22H24N6O4S/c1-26-22(23-15-24-26)16-7-8-20-19(11-16)25-21(29)13-27-9-10-28(12-17(27)14-32-20)33(30,31)18-5-3-2-4-6-18/h2-8,11,15,17H,9-10,12-14H2,1H3,(H,25,29)/t17-/m1/s1. The smallest absolute Gasteiger partial charge is 0.243 e. The minimum absolute atomic E-state index is 0.154. The van der Waals surface area contributed by atoms with Crippen molar-refractivity contribution in [3.63, 3.8) is 0 Å². The van der Waals surface area contributed by atoms with Crippen molar-refractivity contribution in [1.29, 1.82) is 0 Å². The lowest BCUT2D eigenvalue weighted by atomic mass is 10.1. The molecule has 2 aliphatic rings. The summed E-state index contributed by atoms with van der Waals surface area (Å²) in [4.78, 5) is 19.3. The van der Waals surface area contributed by atoms with Crippen LogP contribution in [-0.2, 0) is 21.9 Å². The number of anilines is 1. The minimum atomic E-state index is -3.62. The van der Waals surface area contributed by atoms with Gasteiger partial charge in [0.2, 0.25) is 15.9 Å². The van der Waals surface area contributed by atoms with Gasteiger partial charge in [-0.1, -0.05) is 18.2 Å². The van der Waals surface area contributed by atoms with E-state index < -0.39 is 10.0 Å². The number of hydrogen-bond donors (Lipinski definition) is 1. The van der Waals surface area contributed by atoms with Crippen molar-refractivity contribution in [1.82, 2.24) is 24.0 Å². The first-order valence-corrected chi connectivity index (χ1v) is 12.1. The first-order valence-electron chi connectivity index (χ1n) is 10.6. The molecule has 1 amide bonds. The Bertz CT molecular complexity index is 1280. The lowest BCUT2D eigenvalue weighted by Gasteiger charge is -2.39. The summed E-state index contributed by atoms with van der Waals surface area (Å²) in [6, 6.07) is 13.6. The van der Waals surface area contributed by atoms with Gasteiger partial charge in [0.25, 0.3) is 0 Å².